The van der Waals surface area contributed by atoms with E-state index in [0.29, 0.717) is 18.8 Å². The third kappa shape index (κ3) is 7.54. The number of thioether (sulfide) groups is 1. The van der Waals surface area contributed by atoms with Crippen LogP contribution in [0.1, 0.15) is 45.1 Å². The summed E-state index contributed by atoms with van der Waals surface area (Å²) in [4.78, 5) is 38.1. The molecular weight excluding hydrogens is 376 g/mol. The summed E-state index contributed by atoms with van der Waals surface area (Å²) in [6.07, 6.45) is 4.55. The van der Waals surface area contributed by atoms with Gasteiger partial charge in [0.1, 0.15) is 6.54 Å². The maximum Gasteiger partial charge on any atom is 0.325 e. The standard InChI is InChI=1S/C21H30N2O4S/c1-3-27-20(25)14-23(19-11-7-8-12-19)21(26)22-18(15-28-16(2)24)13-17-9-5-4-6-10-17/h4-6,9-10,18-19H,3,7-8,11-15H2,1-2H3,(H,22,26). The average Bonchev–Trinajstić information content (AvgIpc) is 3.19. The van der Waals surface area contributed by atoms with Gasteiger partial charge in [-0.05, 0) is 31.7 Å². The van der Waals surface area contributed by atoms with E-state index in [1.165, 1.54) is 18.7 Å². The van der Waals surface area contributed by atoms with Crippen LogP contribution in [0.2, 0.25) is 0 Å². The molecule has 1 aromatic carbocycles. The monoisotopic (exact) mass is 406 g/mol. The minimum Gasteiger partial charge on any atom is -0.465 e. The van der Waals surface area contributed by atoms with E-state index in [2.05, 4.69) is 5.32 Å². The van der Waals surface area contributed by atoms with E-state index in [1.54, 1.807) is 11.8 Å². The van der Waals surface area contributed by atoms with Crippen LogP contribution in [-0.2, 0) is 20.7 Å². The highest BCUT2D eigenvalue weighted by molar-refractivity contribution is 8.13. The average molecular weight is 407 g/mol. The number of rotatable bonds is 9. The molecule has 1 aliphatic rings. The third-order valence-electron chi connectivity index (χ3n) is 4.77. The minimum absolute atomic E-state index is 0.0199. The predicted octanol–water partition coefficient (Wildman–Crippen LogP) is 3.39. The molecule has 0 aromatic heterocycles. The second-order valence-corrected chi connectivity index (χ2v) is 8.21. The lowest BCUT2D eigenvalue weighted by Crippen LogP contribution is -2.51. The Morgan fingerprint density at radius 3 is 2.50 bits per heavy atom. The highest BCUT2D eigenvalue weighted by atomic mass is 32.2. The van der Waals surface area contributed by atoms with Gasteiger partial charge in [-0.25, -0.2) is 4.79 Å². The molecular formula is C21H30N2O4S. The van der Waals surface area contributed by atoms with E-state index in [4.69, 9.17) is 4.74 Å². The summed E-state index contributed by atoms with van der Waals surface area (Å²) in [5.41, 5.74) is 1.09. The summed E-state index contributed by atoms with van der Waals surface area (Å²) >= 11 is 1.20. The van der Waals surface area contributed by atoms with Crippen LogP contribution in [0.5, 0.6) is 0 Å². The van der Waals surface area contributed by atoms with Crippen LogP contribution in [-0.4, -0.2) is 53.0 Å². The summed E-state index contributed by atoms with van der Waals surface area (Å²) in [6.45, 7) is 3.54. The van der Waals surface area contributed by atoms with E-state index in [1.807, 2.05) is 30.3 Å². The number of carbonyl (C=O) groups excluding carboxylic acids is 3. The first-order valence-electron chi connectivity index (χ1n) is 9.89. The topological polar surface area (TPSA) is 75.7 Å². The molecule has 2 rings (SSSR count). The molecule has 1 aromatic rings. The lowest BCUT2D eigenvalue weighted by Gasteiger charge is -2.30. The fourth-order valence-corrected chi connectivity index (χ4v) is 4.09. The van der Waals surface area contributed by atoms with E-state index in [-0.39, 0.29) is 35.7 Å². The number of ether oxygens (including phenoxy) is 1. The van der Waals surface area contributed by atoms with E-state index in [0.717, 1.165) is 31.2 Å². The van der Waals surface area contributed by atoms with Crippen molar-refractivity contribution >= 4 is 28.9 Å². The van der Waals surface area contributed by atoms with E-state index < -0.39 is 0 Å². The van der Waals surface area contributed by atoms with Gasteiger partial charge in [-0.2, -0.15) is 0 Å². The lowest BCUT2D eigenvalue weighted by atomic mass is 10.1. The van der Waals surface area contributed by atoms with Gasteiger partial charge in [-0.3, -0.25) is 9.59 Å². The molecule has 28 heavy (non-hydrogen) atoms. The Labute approximate surface area is 171 Å². The molecule has 1 N–H and O–H groups in total. The zero-order chi connectivity index (χ0) is 20.4. The van der Waals surface area contributed by atoms with Crippen LogP contribution >= 0.6 is 11.8 Å². The van der Waals surface area contributed by atoms with Gasteiger partial charge in [0, 0.05) is 24.8 Å². The highest BCUT2D eigenvalue weighted by Gasteiger charge is 2.30. The number of esters is 1. The maximum atomic E-state index is 13.0. The molecule has 1 saturated carbocycles. The summed E-state index contributed by atoms with van der Waals surface area (Å²) in [5.74, 6) is 0.107. The van der Waals surface area contributed by atoms with Gasteiger partial charge in [0.25, 0.3) is 0 Å². The van der Waals surface area contributed by atoms with Crippen LogP contribution in [0.4, 0.5) is 4.79 Å². The third-order valence-corrected chi connectivity index (χ3v) is 5.75. The van der Waals surface area contributed by atoms with Gasteiger partial charge in [-0.15, -0.1) is 0 Å². The second kappa shape index (κ2) is 11.7. The number of nitrogens with zero attached hydrogens (tertiary/aromatic N) is 1. The predicted molar refractivity (Wildman–Crippen MR) is 111 cm³/mol. The maximum absolute atomic E-state index is 13.0. The van der Waals surface area contributed by atoms with Gasteiger partial charge in [0.15, 0.2) is 5.12 Å². The van der Waals surface area contributed by atoms with Gasteiger partial charge in [-0.1, -0.05) is 54.9 Å². The summed E-state index contributed by atoms with van der Waals surface area (Å²) in [7, 11) is 0. The molecule has 0 bridgehead atoms. The number of benzene rings is 1. The highest BCUT2D eigenvalue weighted by Crippen LogP contribution is 2.24. The van der Waals surface area contributed by atoms with Crippen molar-refractivity contribution in [2.75, 3.05) is 18.9 Å². The summed E-state index contributed by atoms with van der Waals surface area (Å²) < 4.78 is 5.05. The molecule has 1 atom stereocenters. The van der Waals surface area contributed by atoms with Crippen molar-refractivity contribution in [1.29, 1.82) is 0 Å². The molecule has 0 spiro atoms. The van der Waals surface area contributed by atoms with Crippen molar-refractivity contribution in [3.05, 3.63) is 35.9 Å². The van der Waals surface area contributed by atoms with Crippen LogP contribution in [0, 0.1) is 0 Å². The molecule has 7 heteroatoms. The summed E-state index contributed by atoms with van der Waals surface area (Å²) in [5, 5.41) is 3.07. The van der Waals surface area contributed by atoms with Crippen molar-refractivity contribution < 1.29 is 19.1 Å². The van der Waals surface area contributed by atoms with Crippen molar-refractivity contribution in [2.24, 2.45) is 0 Å². The molecule has 6 nitrogen and oxygen atoms in total. The Balaban J connectivity index is 2.07. The Morgan fingerprint density at radius 1 is 1.21 bits per heavy atom. The smallest absolute Gasteiger partial charge is 0.325 e. The molecule has 0 radical (unpaired) electrons. The van der Waals surface area contributed by atoms with Crippen molar-refractivity contribution in [3.63, 3.8) is 0 Å². The minimum atomic E-state index is -0.387. The van der Waals surface area contributed by atoms with Crippen LogP contribution in [0.3, 0.4) is 0 Å². The van der Waals surface area contributed by atoms with Crippen LogP contribution < -0.4 is 5.32 Å². The van der Waals surface area contributed by atoms with Crippen LogP contribution in [0.15, 0.2) is 30.3 Å². The van der Waals surface area contributed by atoms with Gasteiger partial charge < -0.3 is 15.0 Å². The molecule has 1 aliphatic carbocycles. The Hall–Kier alpha value is -2.02. The number of hydrogen-bond donors (Lipinski definition) is 1. The zero-order valence-corrected chi connectivity index (χ0v) is 17.5. The fourth-order valence-electron chi connectivity index (χ4n) is 3.45. The largest absolute Gasteiger partial charge is 0.465 e. The number of nitrogens with one attached hydrogen (secondary N) is 1. The van der Waals surface area contributed by atoms with Gasteiger partial charge in [0.05, 0.1) is 6.61 Å². The molecule has 154 valence electrons. The summed E-state index contributed by atoms with van der Waals surface area (Å²) in [6, 6.07) is 9.47. The van der Waals surface area contributed by atoms with Gasteiger partial charge in [0.2, 0.25) is 0 Å². The zero-order valence-electron chi connectivity index (χ0n) is 16.7. The number of urea groups is 1. The van der Waals surface area contributed by atoms with Crippen molar-refractivity contribution in [2.45, 2.75) is 58.0 Å². The lowest BCUT2D eigenvalue weighted by molar-refractivity contribution is -0.144. The van der Waals surface area contributed by atoms with Crippen LogP contribution in [0.25, 0.3) is 0 Å². The first-order valence-corrected chi connectivity index (χ1v) is 10.9. The number of hydrogen-bond acceptors (Lipinski definition) is 5. The fraction of sp³-hybridized carbons (Fsp3) is 0.571. The normalized spacial score (nSPS) is 15.1. The van der Waals surface area contributed by atoms with Crippen molar-refractivity contribution in [1.82, 2.24) is 10.2 Å². The Kier molecular flexibility index (Phi) is 9.34. The van der Waals surface area contributed by atoms with E-state index in [9.17, 15) is 14.4 Å². The first kappa shape index (κ1) is 22.3. The first-order chi connectivity index (χ1) is 13.5. The Morgan fingerprint density at radius 2 is 1.89 bits per heavy atom. The second-order valence-electron chi connectivity index (χ2n) is 7.01. The molecule has 1 unspecified atom stereocenters. The quantitative estimate of drug-likeness (QED) is 0.636. The van der Waals surface area contributed by atoms with E-state index >= 15 is 0 Å². The molecule has 0 heterocycles. The van der Waals surface area contributed by atoms with Crippen molar-refractivity contribution in [3.8, 4) is 0 Å². The number of carbonyl (C=O) groups is 3. The Bertz CT molecular complexity index is 647. The molecule has 0 saturated heterocycles. The molecule has 2 amide bonds. The molecule has 0 aliphatic heterocycles. The SMILES string of the molecule is CCOC(=O)CN(C(=O)NC(CSC(C)=O)Cc1ccccc1)C1CCCC1. The van der Waals surface area contributed by atoms with Gasteiger partial charge >= 0.3 is 12.0 Å². The number of amides is 2. The molecule has 1 fully saturated rings.